The normalized spacial score (nSPS) is 11.7. The van der Waals surface area contributed by atoms with Gasteiger partial charge in [0.2, 0.25) is 0 Å². The van der Waals surface area contributed by atoms with Crippen molar-refractivity contribution in [3.05, 3.63) is 46.1 Å². The van der Waals surface area contributed by atoms with Gasteiger partial charge in [-0.25, -0.2) is 14.4 Å². The number of aliphatic hydroxyl groups is 1. The van der Waals surface area contributed by atoms with Gasteiger partial charge < -0.3 is 5.11 Å². The maximum Gasteiger partial charge on any atom is 0.160 e. The molecule has 0 saturated heterocycles. The van der Waals surface area contributed by atoms with Crippen LogP contribution in [0.2, 0.25) is 0 Å². The van der Waals surface area contributed by atoms with E-state index < -0.39 is 5.60 Å². The number of halogens is 2. The van der Waals surface area contributed by atoms with Gasteiger partial charge in [-0.1, -0.05) is 6.07 Å². The first-order valence-electron chi connectivity index (χ1n) is 5.81. The Morgan fingerprint density at radius 3 is 2.58 bits per heavy atom. The maximum atomic E-state index is 14.2. The average Bonchev–Trinajstić information content (AvgIpc) is 2.35. The van der Waals surface area contributed by atoms with Gasteiger partial charge in [-0.05, 0) is 54.4 Å². The van der Waals surface area contributed by atoms with Crippen molar-refractivity contribution in [1.29, 1.82) is 0 Å². The molecule has 0 unspecified atom stereocenters. The fraction of sp³-hybridized carbons (Fsp3) is 0.286. The minimum atomic E-state index is -1.16. The molecule has 0 atom stereocenters. The molecule has 1 aromatic heterocycles. The highest BCUT2D eigenvalue weighted by Gasteiger charge is 2.21. The molecule has 1 aromatic carbocycles. The van der Waals surface area contributed by atoms with Crippen molar-refractivity contribution >= 4 is 15.9 Å². The van der Waals surface area contributed by atoms with Gasteiger partial charge in [-0.2, -0.15) is 0 Å². The quantitative estimate of drug-likeness (QED) is 0.918. The lowest BCUT2D eigenvalue weighted by atomic mass is 10.1. The topological polar surface area (TPSA) is 46.0 Å². The van der Waals surface area contributed by atoms with Crippen LogP contribution >= 0.6 is 15.9 Å². The molecule has 0 bridgehead atoms. The third-order valence-corrected chi connectivity index (χ3v) is 3.73. The second-order valence-electron chi connectivity index (χ2n) is 4.88. The van der Waals surface area contributed by atoms with E-state index in [-0.39, 0.29) is 11.6 Å². The first-order chi connectivity index (χ1) is 8.80. The van der Waals surface area contributed by atoms with Crippen LogP contribution in [0.3, 0.4) is 0 Å². The van der Waals surface area contributed by atoms with E-state index in [0.717, 1.165) is 5.56 Å². The molecular formula is C14H14BrFN2O. The Labute approximate surface area is 119 Å². The molecule has 0 fully saturated rings. The number of nitrogens with zero attached hydrogens (tertiary/aromatic N) is 2. The van der Waals surface area contributed by atoms with Crippen LogP contribution in [0.1, 0.15) is 25.2 Å². The first-order valence-corrected chi connectivity index (χ1v) is 6.61. The highest BCUT2D eigenvalue weighted by Crippen LogP contribution is 2.29. The standard InChI is InChI=1S/C14H14BrFN2O/c1-8-4-5-9(12(16)11(8)15)10-6-7-17-13(18-10)14(2,3)19/h4-7,19H,1-3H3. The third-order valence-electron chi connectivity index (χ3n) is 2.75. The van der Waals surface area contributed by atoms with E-state index in [1.165, 1.54) is 6.20 Å². The van der Waals surface area contributed by atoms with E-state index in [0.29, 0.717) is 15.7 Å². The number of aromatic nitrogens is 2. The van der Waals surface area contributed by atoms with Gasteiger partial charge in [0.25, 0.3) is 0 Å². The van der Waals surface area contributed by atoms with Crippen molar-refractivity contribution in [3.63, 3.8) is 0 Å². The average molecular weight is 325 g/mol. The van der Waals surface area contributed by atoms with E-state index in [4.69, 9.17) is 0 Å². The molecule has 0 spiro atoms. The minimum Gasteiger partial charge on any atom is -0.382 e. The highest BCUT2D eigenvalue weighted by atomic mass is 79.9. The summed E-state index contributed by atoms with van der Waals surface area (Å²) >= 11 is 3.22. The molecule has 1 heterocycles. The summed E-state index contributed by atoms with van der Waals surface area (Å²) in [5.41, 5.74) is 0.489. The molecule has 19 heavy (non-hydrogen) atoms. The van der Waals surface area contributed by atoms with Crippen molar-refractivity contribution in [2.45, 2.75) is 26.4 Å². The molecule has 0 saturated carbocycles. The van der Waals surface area contributed by atoms with Crippen LogP contribution in [-0.4, -0.2) is 15.1 Å². The van der Waals surface area contributed by atoms with Crippen molar-refractivity contribution in [3.8, 4) is 11.3 Å². The Bertz CT molecular complexity index is 623. The van der Waals surface area contributed by atoms with Crippen LogP contribution in [0.4, 0.5) is 4.39 Å². The molecule has 0 aliphatic carbocycles. The second-order valence-corrected chi connectivity index (χ2v) is 5.68. The van der Waals surface area contributed by atoms with Crippen LogP contribution < -0.4 is 0 Å². The summed E-state index contributed by atoms with van der Waals surface area (Å²) in [6, 6.07) is 5.11. The van der Waals surface area contributed by atoms with Gasteiger partial charge in [0.1, 0.15) is 11.4 Å². The number of aryl methyl sites for hydroxylation is 1. The number of hydrogen-bond donors (Lipinski definition) is 1. The van der Waals surface area contributed by atoms with Crippen LogP contribution in [0.25, 0.3) is 11.3 Å². The Kier molecular flexibility index (Phi) is 3.69. The van der Waals surface area contributed by atoms with Crippen molar-refractivity contribution < 1.29 is 9.50 Å². The smallest absolute Gasteiger partial charge is 0.160 e. The van der Waals surface area contributed by atoms with E-state index >= 15 is 0 Å². The van der Waals surface area contributed by atoms with Gasteiger partial charge in [-0.15, -0.1) is 0 Å². The zero-order chi connectivity index (χ0) is 14.2. The van der Waals surface area contributed by atoms with E-state index in [1.807, 2.05) is 13.0 Å². The molecule has 100 valence electrons. The van der Waals surface area contributed by atoms with E-state index in [9.17, 15) is 9.50 Å². The Morgan fingerprint density at radius 1 is 1.26 bits per heavy atom. The fourth-order valence-corrected chi connectivity index (χ4v) is 1.99. The summed E-state index contributed by atoms with van der Waals surface area (Å²) in [5, 5.41) is 9.90. The molecule has 0 aliphatic heterocycles. The summed E-state index contributed by atoms with van der Waals surface area (Å²) in [4.78, 5) is 8.23. The lowest BCUT2D eigenvalue weighted by Gasteiger charge is -2.16. The lowest BCUT2D eigenvalue weighted by Crippen LogP contribution is -2.19. The van der Waals surface area contributed by atoms with Gasteiger partial charge >= 0.3 is 0 Å². The molecule has 0 aliphatic rings. The predicted octanol–water partition coefficient (Wildman–Crippen LogP) is 3.58. The Balaban J connectivity index is 2.57. The van der Waals surface area contributed by atoms with Crippen LogP contribution in [0.15, 0.2) is 28.9 Å². The van der Waals surface area contributed by atoms with Gasteiger partial charge in [0, 0.05) is 11.8 Å². The molecule has 3 nitrogen and oxygen atoms in total. The minimum absolute atomic E-state index is 0.265. The van der Waals surface area contributed by atoms with E-state index in [1.54, 1.807) is 26.0 Å². The molecule has 2 rings (SSSR count). The Hall–Kier alpha value is -1.33. The maximum absolute atomic E-state index is 14.2. The van der Waals surface area contributed by atoms with Gasteiger partial charge in [-0.3, -0.25) is 0 Å². The van der Waals surface area contributed by atoms with Crippen molar-refractivity contribution in [2.75, 3.05) is 0 Å². The van der Waals surface area contributed by atoms with Crippen molar-refractivity contribution in [1.82, 2.24) is 9.97 Å². The molecule has 2 aromatic rings. The third kappa shape index (κ3) is 2.82. The molecule has 1 N–H and O–H groups in total. The summed E-state index contributed by atoms with van der Waals surface area (Å²) in [7, 11) is 0. The second kappa shape index (κ2) is 4.98. The molecular weight excluding hydrogens is 311 g/mol. The number of benzene rings is 1. The summed E-state index contributed by atoms with van der Waals surface area (Å²) in [6.45, 7) is 5.00. The highest BCUT2D eigenvalue weighted by molar-refractivity contribution is 9.10. The fourth-order valence-electron chi connectivity index (χ4n) is 1.65. The zero-order valence-electron chi connectivity index (χ0n) is 10.9. The van der Waals surface area contributed by atoms with Gasteiger partial charge in [0.15, 0.2) is 5.82 Å². The van der Waals surface area contributed by atoms with E-state index in [2.05, 4.69) is 25.9 Å². The monoisotopic (exact) mass is 324 g/mol. The summed E-state index contributed by atoms with van der Waals surface area (Å²) < 4.78 is 14.6. The largest absolute Gasteiger partial charge is 0.382 e. The summed E-state index contributed by atoms with van der Waals surface area (Å²) in [6.07, 6.45) is 1.52. The van der Waals surface area contributed by atoms with Gasteiger partial charge in [0.05, 0.1) is 10.2 Å². The van der Waals surface area contributed by atoms with Crippen LogP contribution in [-0.2, 0) is 5.60 Å². The lowest BCUT2D eigenvalue weighted by molar-refractivity contribution is 0.0688. The van der Waals surface area contributed by atoms with Crippen LogP contribution in [0, 0.1) is 12.7 Å². The molecule has 0 radical (unpaired) electrons. The Morgan fingerprint density at radius 2 is 1.95 bits per heavy atom. The van der Waals surface area contributed by atoms with Crippen LogP contribution in [0.5, 0.6) is 0 Å². The molecule has 5 heteroatoms. The zero-order valence-corrected chi connectivity index (χ0v) is 12.5. The SMILES string of the molecule is Cc1ccc(-c2ccnc(C(C)(C)O)n2)c(F)c1Br. The predicted molar refractivity (Wildman–Crippen MR) is 75.1 cm³/mol. The van der Waals surface area contributed by atoms with Crippen molar-refractivity contribution in [2.24, 2.45) is 0 Å². The summed E-state index contributed by atoms with van der Waals surface area (Å²) in [5.74, 6) is -0.0958. The first kappa shape index (κ1) is 14.1. The number of rotatable bonds is 2. The molecule has 0 amide bonds. The number of hydrogen-bond acceptors (Lipinski definition) is 3.